The van der Waals surface area contributed by atoms with Crippen molar-refractivity contribution in [2.45, 2.75) is 20.0 Å². The summed E-state index contributed by atoms with van der Waals surface area (Å²) in [5.74, 6) is -0.637. The van der Waals surface area contributed by atoms with Gasteiger partial charge in [-0.1, -0.05) is 12.1 Å². The van der Waals surface area contributed by atoms with E-state index in [1.165, 1.54) is 18.5 Å². The molecule has 5 aromatic rings. The van der Waals surface area contributed by atoms with Crippen LogP contribution in [0.25, 0.3) is 17.0 Å². The number of aryl methyl sites for hydroxylation is 1. The summed E-state index contributed by atoms with van der Waals surface area (Å²) in [6.07, 6.45) is 5.01. The van der Waals surface area contributed by atoms with Crippen LogP contribution in [0.4, 0.5) is 10.3 Å². The Hall–Kier alpha value is -3.93. The zero-order valence-electron chi connectivity index (χ0n) is 17.4. The predicted molar refractivity (Wildman–Crippen MR) is 121 cm³/mol. The highest BCUT2D eigenvalue weighted by Crippen LogP contribution is 2.27. The molecule has 166 valence electrons. The zero-order chi connectivity index (χ0) is 22.9. The Balaban J connectivity index is 1.36. The van der Waals surface area contributed by atoms with Gasteiger partial charge in [-0.2, -0.15) is 10.2 Å². The fourth-order valence-electron chi connectivity index (χ4n) is 3.29. The van der Waals surface area contributed by atoms with Gasteiger partial charge in [0.15, 0.2) is 11.3 Å². The summed E-state index contributed by atoms with van der Waals surface area (Å²) in [6.45, 7) is 3.11. The van der Waals surface area contributed by atoms with Gasteiger partial charge < -0.3 is 0 Å². The molecule has 10 nitrogen and oxygen atoms in total. The normalized spacial score (nSPS) is 11.2. The zero-order valence-corrected chi connectivity index (χ0v) is 18.9. The van der Waals surface area contributed by atoms with Gasteiger partial charge in [0.2, 0.25) is 5.95 Å². The molecule has 12 heteroatoms. The Morgan fingerprint density at radius 3 is 2.67 bits per heavy atom. The molecule has 33 heavy (non-hydrogen) atoms. The topological polar surface area (TPSA) is 108 Å². The fraction of sp³-hybridized carbons (Fsp3) is 0.143. The smallest absolute Gasteiger partial charge is 0.278 e. The number of carbonyl (C=O) groups is 1. The van der Waals surface area contributed by atoms with Crippen LogP contribution in [0.1, 0.15) is 23.0 Å². The maximum Gasteiger partial charge on any atom is 0.278 e. The fourth-order valence-corrected chi connectivity index (χ4v) is 3.81. The van der Waals surface area contributed by atoms with Gasteiger partial charge >= 0.3 is 0 Å². The standard InChI is InChI=1S/C21H17BrFN9O/c1-2-30-11-15(22)19(28-30)17-7-8-24-18-9-16(27-32(17)18)20(33)26-21-25-12-31(29-21)10-13-3-5-14(23)6-4-13/h3-9,11-12H,2,10H2,1H3,(H,26,29,33). The molecule has 0 fully saturated rings. The molecule has 0 unspecified atom stereocenters. The van der Waals surface area contributed by atoms with Crippen LogP contribution in [-0.2, 0) is 13.1 Å². The van der Waals surface area contributed by atoms with Crippen LogP contribution >= 0.6 is 15.9 Å². The monoisotopic (exact) mass is 509 g/mol. The van der Waals surface area contributed by atoms with E-state index in [9.17, 15) is 9.18 Å². The second-order valence-corrected chi connectivity index (χ2v) is 8.01. The molecule has 1 aromatic carbocycles. The number of amides is 1. The number of carbonyl (C=O) groups excluding carboxylic acids is 1. The molecule has 0 radical (unpaired) electrons. The van der Waals surface area contributed by atoms with Gasteiger partial charge in [-0.25, -0.2) is 23.6 Å². The lowest BCUT2D eigenvalue weighted by Crippen LogP contribution is -2.14. The summed E-state index contributed by atoms with van der Waals surface area (Å²) in [5, 5.41) is 15.9. The first-order valence-corrected chi connectivity index (χ1v) is 10.8. The Kier molecular flexibility index (Phi) is 5.42. The maximum absolute atomic E-state index is 13.1. The molecule has 0 saturated carbocycles. The Morgan fingerprint density at radius 2 is 1.91 bits per heavy atom. The van der Waals surface area contributed by atoms with Crippen molar-refractivity contribution in [3.63, 3.8) is 0 Å². The minimum absolute atomic E-state index is 0.136. The van der Waals surface area contributed by atoms with Crippen LogP contribution in [0.2, 0.25) is 0 Å². The van der Waals surface area contributed by atoms with Gasteiger partial charge in [-0.05, 0) is 46.6 Å². The van der Waals surface area contributed by atoms with Crippen molar-refractivity contribution >= 4 is 33.4 Å². The third-order valence-electron chi connectivity index (χ3n) is 4.89. The van der Waals surface area contributed by atoms with E-state index in [4.69, 9.17) is 0 Å². The third kappa shape index (κ3) is 4.24. The van der Waals surface area contributed by atoms with E-state index in [-0.39, 0.29) is 17.5 Å². The number of hydrogen-bond donors (Lipinski definition) is 1. The Morgan fingerprint density at radius 1 is 1.09 bits per heavy atom. The number of aromatic nitrogens is 8. The first-order chi connectivity index (χ1) is 16.0. The molecule has 0 bridgehead atoms. The number of nitrogens with one attached hydrogen (secondary N) is 1. The molecule has 1 N–H and O–H groups in total. The van der Waals surface area contributed by atoms with Gasteiger partial charge in [0, 0.05) is 25.0 Å². The van der Waals surface area contributed by atoms with Crippen LogP contribution < -0.4 is 5.32 Å². The van der Waals surface area contributed by atoms with Gasteiger partial charge in [0.05, 0.1) is 16.7 Å². The number of rotatable bonds is 6. The van der Waals surface area contributed by atoms with Crippen LogP contribution in [0.15, 0.2) is 59.6 Å². The van der Waals surface area contributed by atoms with E-state index in [0.29, 0.717) is 23.6 Å². The number of hydrogen-bond acceptors (Lipinski definition) is 6. The molecule has 0 saturated heterocycles. The number of benzene rings is 1. The molecule has 0 spiro atoms. The van der Waals surface area contributed by atoms with E-state index < -0.39 is 5.91 Å². The van der Waals surface area contributed by atoms with Crippen molar-refractivity contribution in [1.82, 2.24) is 39.1 Å². The van der Waals surface area contributed by atoms with Gasteiger partial charge in [-0.3, -0.25) is 14.8 Å². The quantitative estimate of drug-likeness (QED) is 0.375. The van der Waals surface area contributed by atoms with Crippen molar-refractivity contribution < 1.29 is 9.18 Å². The van der Waals surface area contributed by atoms with Crippen molar-refractivity contribution in [3.8, 4) is 11.4 Å². The number of nitrogens with zero attached hydrogens (tertiary/aromatic N) is 8. The van der Waals surface area contributed by atoms with Gasteiger partial charge in [0.1, 0.15) is 17.8 Å². The Labute approximate surface area is 195 Å². The lowest BCUT2D eigenvalue weighted by Gasteiger charge is -2.02. The average molecular weight is 510 g/mol. The molecule has 5 rings (SSSR count). The maximum atomic E-state index is 13.1. The summed E-state index contributed by atoms with van der Waals surface area (Å²) >= 11 is 3.53. The van der Waals surface area contributed by atoms with Gasteiger partial charge in [-0.15, -0.1) is 5.10 Å². The highest BCUT2D eigenvalue weighted by molar-refractivity contribution is 9.10. The number of halogens is 2. The highest BCUT2D eigenvalue weighted by atomic mass is 79.9. The summed E-state index contributed by atoms with van der Waals surface area (Å²) in [7, 11) is 0. The molecular weight excluding hydrogens is 493 g/mol. The van der Waals surface area contributed by atoms with Gasteiger partial charge in [0.25, 0.3) is 5.91 Å². The van der Waals surface area contributed by atoms with E-state index in [1.807, 2.05) is 13.1 Å². The summed E-state index contributed by atoms with van der Waals surface area (Å²) in [5.41, 5.74) is 2.91. The van der Waals surface area contributed by atoms with E-state index >= 15 is 0 Å². The molecule has 0 aliphatic rings. The molecule has 0 aliphatic carbocycles. The lowest BCUT2D eigenvalue weighted by molar-refractivity contribution is 0.102. The molecule has 0 aliphatic heterocycles. The number of anilines is 1. The van der Waals surface area contributed by atoms with Crippen LogP contribution in [0.5, 0.6) is 0 Å². The van der Waals surface area contributed by atoms with Crippen LogP contribution in [0, 0.1) is 5.82 Å². The molecule has 4 aromatic heterocycles. The second kappa shape index (κ2) is 8.54. The molecular formula is C21H17BrFN9O. The third-order valence-corrected chi connectivity index (χ3v) is 5.47. The van der Waals surface area contributed by atoms with Crippen LogP contribution in [-0.4, -0.2) is 45.1 Å². The van der Waals surface area contributed by atoms with Crippen molar-refractivity contribution in [2.24, 2.45) is 0 Å². The summed E-state index contributed by atoms with van der Waals surface area (Å²) in [6, 6.07) is 9.46. The summed E-state index contributed by atoms with van der Waals surface area (Å²) < 4.78 is 18.8. The SMILES string of the molecule is CCn1cc(Br)c(-c2ccnc3cc(C(=O)Nc4ncn(Cc5ccc(F)cc5)n4)nn23)n1. The predicted octanol–water partition coefficient (Wildman–Crippen LogP) is 3.41. The first kappa shape index (κ1) is 20.9. The van der Waals surface area contributed by atoms with Crippen molar-refractivity contribution in [1.29, 1.82) is 0 Å². The van der Waals surface area contributed by atoms with E-state index in [0.717, 1.165) is 16.6 Å². The lowest BCUT2D eigenvalue weighted by atomic mass is 10.2. The summed E-state index contributed by atoms with van der Waals surface area (Å²) in [4.78, 5) is 21.2. The van der Waals surface area contributed by atoms with E-state index in [1.54, 1.807) is 44.3 Å². The van der Waals surface area contributed by atoms with Crippen molar-refractivity contribution in [3.05, 3.63) is 76.7 Å². The largest absolute Gasteiger partial charge is 0.288 e. The molecule has 0 atom stereocenters. The Bertz CT molecular complexity index is 1450. The van der Waals surface area contributed by atoms with Crippen LogP contribution in [0.3, 0.4) is 0 Å². The molecule has 4 heterocycles. The first-order valence-electron chi connectivity index (χ1n) is 10.0. The van der Waals surface area contributed by atoms with E-state index in [2.05, 4.69) is 46.5 Å². The number of fused-ring (bicyclic) bond motifs is 1. The minimum Gasteiger partial charge on any atom is -0.288 e. The molecule has 1 amide bonds. The van der Waals surface area contributed by atoms with Crippen molar-refractivity contribution in [2.75, 3.05) is 5.32 Å². The average Bonchev–Trinajstić information content (AvgIpc) is 3.53. The minimum atomic E-state index is -0.468. The second-order valence-electron chi connectivity index (χ2n) is 7.16. The highest BCUT2D eigenvalue weighted by Gasteiger charge is 2.18.